The lowest BCUT2D eigenvalue weighted by Crippen LogP contribution is -2.67. The maximum Gasteiger partial charge on any atom is 0.324 e. The molecule has 2 N–H and O–H groups in total. The number of nitrogens with zero attached hydrogens (tertiary/aromatic N) is 3. The van der Waals surface area contributed by atoms with Crippen molar-refractivity contribution in [2.75, 3.05) is 33.1 Å². The smallest absolute Gasteiger partial charge is 0.324 e. The van der Waals surface area contributed by atoms with E-state index in [2.05, 4.69) is 46.3 Å². The Kier molecular flexibility index (Phi) is 4.66. The molecule has 2 bridgehead atoms. The SMILES string of the molecule is COc1ccc2c(c1)C1(C)CCN(C)C(C2)C1N(C)C(=O)Nc1nc2ccccc2[nH]1. The van der Waals surface area contributed by atoms with Crippen molar-refractivity contribution >= 4 is 23.0 Å². The first-order valence-electron chi connectivity index (χ1n) is 10.8. The van der Waals surface area contributed by atoms with Gasteiger partial charge < -0.3 is 19.5 Å². The number of piperidine rings is 1. The van der Waals surface area contributed by atoms with E-state index in [-0.39, 0.29) is 23.5 Å². The van der Waals surface area contributed by atoms with Crippen molar-refractivity contribution in [2.24, 2.45) is 0 Å². The Bertz CT molecular complexity index is 1110. The number of fused-ring (bicyclic) bond motifs is 5. The molecule has 1 aliphatic heterocycles. The minimum atomic E-state index is -0.154. The number of imidazole rings is 1. The molecule has 3 aromatic rings. The summed E-state index contributed by atoms with van der Waals surface area (Å²) in [6, 6.07) is 14.3. The molecule has 0 spiro atoms. The topological polar surface area (TPSA) is 73.5 Å². The van der Waals surface area contributed by atoms with Crippen molar-refractivity contribution < 1.29 is 9.53 Å². The number of benzene rings is 2. The Labute approximate surface area is 182 Å². The molecule has 3 unspecified atom stereocenters. The fourth-order valence-corrected chi connectivity index (χ4v) is 5.58. The van der Waals surface area contributed by atoms with Crippen LogP contribution in [-0.4, -0.2) is 65.6 Å². The van der Waals surface area contributed by atoms with Crippen LogP contribution in [-0.2, 0) is 11.8 Å². The van der Waals surface area contributed by atoms with E-state index in [0.29, 0.717) is 5.95 Å². The summed E-state index contributed by atoms with van der Waals surface area (Å²) in [5.74, 6) is 1.34. The summed E-state index contributed by atoms with van der Waals surface area (Å²) in [5.41, 5.74) is 4.23. The van der Waals surface area contributed by atoms with Gasteiger partial charge in [-0.2, -0.15) is 0 Å². The number of hydrogen-bond acceptors (Lipinski definition) is 4. The molecule has 1 aliphatic carbocycles. The molecule has 2 heterocycles. The summed E-state index contributed by atoms with van der Waals surface area (Å²) < 4.78 is 5.52. The number of carbonyl (C=O) groups is 1. The number of carbonyl (C=O) groups excluding carboxylic acids is 1. The van der Waals surface area contributed by atoms with Gasteiger partial charge in [-0.05, 0) is 61.8 Å². The molecule has 31 heavy (non-hydrogen) atoms. The average Bonchev–Trinajstić information content (AvgIpc) is 3.18. The van der Waals surface area contributed by atoms with Crippen LogP contribution in [0.15, 0.2) is 42.5 Å². The fourth-order valence-electron chi connectivity index (χ4n) is 5.58. The van der Waals surface area contributed by atoms with Gasteiger partial charge in [-0.1, -0.05) is 25.1 Å². The van der Waals surface area contributed by atoms with E-state index in [1.807, 2.05) is 42.3 Å². The van der Waals surface area contributed by atoms with Gasteiger partial charge >= 0.3 is 6.03 Å². The molecule has 2 amide bonds. The molecular formula is C24H29N5O2. The van der Waals surface area contributed by atoms with Gasteiger partial charge in [0.15, 0.2) is 0 Å². The Hall–Kier alpha value is -3.06. The lowest BCUT2D eigenvalue weighted by atomic mass is 9.61. The summed E-state index contributed by atoms with van der Waals surface area (Å²) in [6.45, 7) is 3.30. The maximum atomic E-state index is 13.3. The minimum absolute atomic E-state index is 0.0373. The number of methoxy groups -OCH3 is 1. The van der Waals surface area contributed by atoms with E-state index in [0.717, 1.165) is 36.2 Å². The van der Waals surface area contributed by atoms with E-state index in [9.17, 15) is 4.79 Å². The van der Waals surface area contributed by atoms with Crippen molar-refractivity contribution in [3.05, 3.63) is 53.6 Å². The van der Waals surface area contributed by atoms with Crippen LogP contribution in [0.4, 0.5) is 10.7 Å². The molecular weight excluding hydrogens is 390 g/mol. The van der Waals surface area contributed by atoms with E-state index in [1.165, 1.54) is 11.1 Å². The van der Waals surface area contributed by atoms with E-state index in [1.54, 1.807) is 7.11 Å². The van der Waals surface area contributed by atoms with Crippen LogP contribution in [0.25, 0.3) is 11.0 Å². The van der Waals surface area contributed by atoms with Crippen molar-refractivity contribution in [3.8, 4) is 5.75 Å². The number of H-pyrrole nitrogens is 1. The lowest BCUT2D eigenvalue weighted by Gasteiger charge is -2.57. The molecule has 5 rings (SSSR count). The molecule has 2 aliphatic rings. The molecule has 1 saturated heterocycles. The quantitative estimate of drug-likeness (QED) is 0.680. The number of hydrogen-bond donors (Lipinski definition) is 2. The molecule has 0 radical (unpaired) electrons. The van der Waals surface area contributed by atoms with Gasteiger partial charge in [0.05, 0.1) is 24.2 Å². The Morgan fingerprint density at radius 3 is 2.90 bits per heavy atom. The Balaban J connectivity index is 1.47. The first-order chi connectivity index (χ1) is 14.9. The van der Waals surface area contributed by atoms with Crippen LogP contribution < -0.4 is 10.1 Å². The third-order valence-electron chi connectivity index (χ3n) is 7.28. The highest BCUT2D eigenvalue weighted by molar-refractivity contribution is 5.90. The second-order valence-corrected chi connectivity index (χ2v) is 9.03. The number of urea groups is 1. The van der Waals surface area contributed by atoms with Crippen molar-refractivity contribution in [3.63, 3.8) is 0 Å². The number of likely N-dealkylation sites (tertiary alicyclic amines) is 1. The monoisotopic (exact) mass is 419 g/mol. The Morgan fingerprint density at radius 1 is 1.32 bits per heavy atom. The molecule has 7 nitrogen and oxygen atoms in total. The molecule has 162 valence electrons. The molecule has 2 aromatic carbocycles. The number of likely N-dealkylation sites (N-methyl/N-ethyl adjacent to an activating group) is 2. The average molecular weight is 420 g/mol. The van der Waals surface area contributed by atoms with Gasteiger partial charge in [0.1, 0.15) is 5.75 Å². The highest BCUT2D eigenvalue weighted by atomic mass is 16.5. The van der Waals surface area contributed by atoms with Gasteiger partial charge in [0.2, 0.25) is 5.95 Å². The number of ether oxygens (including phenoxy) is 1. The zero-order valence-electron chi connectivity index (χ0n) is 18.5. The van der Waals surface area contributed by atoms with Crippen molar-refractivity contribution in [1.82, 2.24) is 19.8 Å². The lowest BCUT2D eigenvalue weighted by molar-refractivity contribution is 0.0213. The summed E-state index contributed by atoms with van der Waals surface area (Å²) in [6.07, 6.45) is 1.89. The summed E-state index contributed by atoms with van der Waals surface area (Å²) >= 11 is 0. The van der Waals surface area contributed by atoms with Crippen LogP contribution in [0, 0.1) is 0 Å². The predicted octanol–water partition coefficient (Wildman–Crippen LogP) is 3.62. The highest BCUT2D eigenvalue weighted by Crippen LogP contribution is 2.47. The van der Waals surface area contributed by atoms with Gasteiger partial charge in [0.25, 0.3) is 0 Å². The van der Waals surface area contributed by atoms with Crippen LogP contribution in [0.1, 0.15) is 24.5 Å². The number of para-hydroxylation sites is 2. The standard InChI is InChI=1S/C24H29N5O2/c1-24-11-12-28(2)20(13-15-9-10-16(31-4)14-17(15)24)21(24)29(3)23(30)27-22-25-18-7-5-6-8-19(18)26-22/h5-10,14,20-21H,11-13H2,1-4H3,(H2,25,26,27,30). The number of aromatic nitrogens is 2. The second kappa shape index (κ2) is 7.27. The van der Waals surface area contributed by atoms with Crippen LogP contribution >= 0.6 is 0 Å². The van der Waals surface area contributed by atoms with Crippen molar-refractivity contribution in [2.45, 2.75) is 37.3 Å². The van der Waals surface area contributed by atoms with Crippen LogP contribution in [0.2, 0.25) is 0 Å². The Morgan fingerprint density at radius 2 is 2.13 bits per heavy atom. The maximum absolute atomic E-state index is 13.3. The summed E-state index contributed by atoms with van der Waals surface area (Å²) in [7, 11) is 5.77. The van der Waals surface area contributed by atoms with Gasteiger partial charge in [-0.3, -0.25) is 5.32 Å². The number of anilines is 1. The molecule has 1 fully saturated rings. The number of amides is 2. The van der Waals surface area contributed by atoms with E-state index in [4.69, 9.17) is 4.74 Å². The number of nitrogens with one attached hydrogen (secondary N) is 2. The first kappa shape index (κ1) is 19.9. The predicted molar refractivity (Wildman–Crippen MR) is 122 cm³/mol. The van der Waals surface area contributed by atoms with Gasteiger partial charge in [-0.25, -0.2) is 9.78 Å². The zero-order valence-corrected chi connectivity index (χ0v) is 18.5. The number of aromatic amines is 1. The van der Waals surface area contributed by atoms with Crippen LogP contribution in [0.5, 0.6) is 5.75 Å². The molecule has 7 heteroatoms. The highest BCUT2D eigenvalue weighted by Gasteiger charge is 2.52. The van der Waals surface area contributed by atoms with Gasteiger partial charge in [0, 0.05) is 18.5 Å². The third kappa shape index (κ3) is 3.15. The largest absolute Gasteiger partial charge is 0.497 e. The van der Waals surface area contributed by atoms with Gasteiger partial charge in [-0.15, -0.1) is 0 Å². The summed E-state index contributed by atoms with van der Waals surface area (Å²) in [5, 5.41) is 2.97. The fraction of sp³-hybridized carbons (Fsp3) is 0.417. The van der Waals surface area contributed by atoms with Crippen LogP contribution in [0.3, 0.4) is 0 Å². The molecule has 3 atom stereocenters. The minimum Gasteiger partial charge on any atom is -0.497 e. The summed E-state index contributed by atoms with van der Waals surface area (Å²) in [4.78, 5) is 25.3. The third-order valence-corrected chi connectivity index (χ3v) is 7.28. The normalized spacial score (nSPS) is 25.2. The molecule has 1 aromatic heterocycles. The van der Waals surface area contributed by atoms with Crippen molar-refractivity contribution in [1.29, 1.82) is 0 Å². The second-order valence-electron chi connectivity index (χ2n) is 9.03. The first-order valence-corrected chi connectivity index (χ1v) is 10.8. The van der Waals surface area contributed by atoms with E-state index < -0.39 is 0 Å². The van der Waals surface area contributed by atoms with E-state index >= 15 is 0 Å². The zero-order chi connectivity index (χ0) is 21.8. The number of rotatable bonds is 3. The molecule has 0 saturated carbocycles.